The highest BCUT2D eigenvalue weighted by Crippen LogP contribution is 2.25. The first-order valence-electron chi connectivity index (χ1n) is 6.43. The van der Waals surface area contributed by atoms with Crippen molar-refractivity contribution in [2.75, 3.05) is 0 Å². The minimum Gasteiger partial charge on any atom is -0.489 e. The van der Waals surface area contributed by atoms with E-state index in [0.717, 1.165) is 22.6 Å². The summed E-state index contributed by atoms with van der Waals surface area (Å²) in [4.78, 5) is 0. The molecular formula is C17H12Cl2O2. The number of hydrogen-bond donors (Lipinski definition) is 0. The van der Waals surface area contributed by atoms with E-state index in [4.69, 9.17) is 32.4 Å². The maximum atomic E-state index is 6.11. The van der Waals surface area contributed by atoms with Crippen LogP contribution in [0.15, 0.2) is 65.3 Å². The Morgan fingerprint density at radius 1 is 0.952 bits per heavy atom. The van der Waals surface area contributed by atoms with Gasteiger partial charge >= 0.3 is 0 Å². The molecule has 0 N–H and O–H groups in total. The minimum absolute atomic E-state index is 0.399. The Balaban J connectivity index is 1.68. The third-order valence-electron chi connectivity index (χ3n) is 3.07. The Labute approximate surface area is 132 Å². The van der Waals surface area contributed by atoms with Crippen molar-refractivity contribution in [1.82, 2.24) is 0 Å². The fourth-order valence-electron chi connectivity index (χ4n) is 1.96. The van der Waals surface area contributed by atoms with Crippen molar-refractivity contribution in [2.45, 2.75) is 6.61 Å². The van der Waals surface area contributed by atoms with Gasteiger partial charge in [-0.3, -0.25) is 0 Å². The Morgan fingerprint density at radius 3 is 2.43 bits per heavy atom. The Bertz CT molecular complexity index is 719. The van der Waals surface area contributed by atoms with Gasteiger partial charge in [-0.25, -0.2) is 0 Å². The van der Waals surface area contributed by atoms with Gasteiger partial charge in [0.25, 0.3) is 0 Å². The summed E-state index contributed by atoms with van der Waals surface area (Å²) in [6.45, 7) is 0.399. The third kappa shape index (κ3) is 3.41. The number of halogens is 2. The number of furan rings is 1. The normalized spacial score (nSPS) is 10.6. The van der Waals surface area contributed by atoms with Crippen molar-refractivity contribution in [3.63, 3.8) is 0 Å². The summed E-state index contributed by atoms with van der Waals surface area (Å²) in [6.07, 6.45) is 1.66. The maximum Gasteiger partial charge on any atom is 0.133 e. The van der Waals surface area contributed by atoms with Crippen LogP contribution in [0.5, 0.6) is 5.75 Å². The molecule has 3 aromatic rings. The van der Waals surface area contributed by atoms with E-state index in [9.17, 15) is 0 Å². The molecule has 1 aromatic heterocycles. The van der Waals surface area contributed by atoms with Crippen LogP contribution in [0.25, 0.3) is 11.3 Å². The zero-order valence-corrected chi connectivity index (χ0v) is 12.6. The Hall–Kier alpha value is -1.90. The van der Waals surface area contributed by atoms with Crippen LogP contribution in [0, 0.1) is 0 Å². The molecule has 0 unspecified atom stereocenters. The topological polar surface area (TPSA) is 22.4 Å². The summed E-state index contributed by atoms with van der Waals surface area (Å²) in [5.41, 5.74) is 1.91. The molecule has 0 aliphatic rings. The molecule has 2 nitrogen and oxygen atoms in total. The van der Waals surface area contributed by atoms with E-state index in [-0.39, 0.29) is 0 Å². The fourth-order valence-corrected chi connectivity index (χ4v) is 2.42. The second-order valence-electron chi connectivity index (χ2n) is 4.53. The fraction of sp³-hybridized carbons (Fsp3) is 0.0588. The molecule has 3 rings (SSSR count). The van der Waals surface area contributed by atoms with Crippen molar-refractivity contribution in [2.24, 2.45) is 0 Å². The molecule has 0 bridgehead atoms. The maximum absolute atomic E-state index is 6.11. The summed E-state index contributed by atoms with van der Waals surface area (Å²) < 4.78 is 11.1. The van der Waals surface area contributed by atoms with Crippen molar-refractivity contribution in [3.8, 4) is 17.1 Å². The molecule has 0 atom stereocenters. The van der Waals surface area contributed by atoms with E-state index in [1.807, 2.05) is 42.5 Å². The predicted octanol–water partition coefficient (Wildman–Crippen LogP) is 5.83. The average molecular weight is 319 g/mol. The zero-order valence-electron chi connectivity index (χ0n) is 11.1. The van der Waals surface area contributed by atoms with Crippen LogP contribution in [0.3, 0.4) is 0 Å². The standard InChI is InChI=1S/C17H12Cl2O2/c18-14-6-3-13(16(19)10-14)11-21-15-7-4-12(5-8-15)17-2-1-9-20-17/h1-10H,11H2. The summed E-state index contributed by atoms with van der Waals surface area (Å²) in [5.74, 6) is 1.61. The summed E-state index contributed by atoms with van der Waals surface area (Å²) in [6, 6.07) is 16.9. The molecule has 2 aromatic carbocycles. The van der Waals surface area contributed by atoms with Crippen LogP contribution in [-0.4, -0.2) is 0 Å². The van der Waals surface area contributed by atoms with Crippen molar-refractivity contribution >= 4 is 23.2 Å². The van der Waals surface area contributed by atoms with Crippen LogP contribution in [-0.2, 0) is 6.61 Å². The highest BCUT2D eigenvalue weighted by molar-refractivity contribution is 6.35. The van der Waals surface area contributed by atoms with Gasteiger partial charge in [0.1, 0.15) is 18.1 Å². The molecule has 0 fully saturated rings. The summed E-state index contributed by atoms with van der Waals surface area (Å²) in [7, 11) is 0. The van der Waals surface area contributed by atoms with Gasteiger partial charge in [-0.2, -0.15) is 0 Å². The van der Waals surface area contributed by atoms with Gasteiger partial charge in [0, 0.05) is 21.2 Å². The van der Waals surface area contributed by atoms with Crippen molar-refractivity contribution < 1.29 is 9.15 Å². The predicted molar refractivity (Wildman–Crippen MR) is 84.9 cm³/mol. The molecular weight excluding hydrogens is 307 g/mol. The largest absolute Gasteiger partial charge is 0.489 e. The molecule has 0 radical (unpaired) electrons. The van der Waals surface area contributed by atoms with Crippen LogP contribution in [0.2, 0.25) is 10.0 Å². The molecule has 0 saturated heterocycles. The highest BCUT2D eigenvalue weighted by Gasteiger charge is 2.04. The van der Waals surface area contributed by atoms with Gasteiger partial charge in [0.05, 0.1) is 6.26 Å². The van der Waals surface area contributed by atoms with Crippen molar-refractivity contribution in [3.05, 3.63) is 76.5 Å². The van der Waals surface area contributed by atoms with Gasteiger partial charge < -0.3 is 9.15 Å². The quantitative estimate of drug-likeness (QED) is 0.603. The molecule has 4 heteroatoms. The van der Waals surface area contributed by atoms with E-state index >= 15 is 0 Å². The van der Waals surface area contributed by atoms with E-state index in [2.05, 4.69) is 0 Å². The molecule has 0 aliphatic carbocycles. The van der Waals surface area contributed by atoms with Gasteiger partial charge in [-0.15, -0.1) is 0 Å². The molecule has 0 amide bonds. The van der Waals surface area contributed by atoms with Gasteiger partial charge in [-0.1, -0.05) is 29.3 Å². The van der Waals surface area contributed by atoms with E-state index in [0.29, 0.717) is 16.7 Å². The summed E-state index contributed by atoms with van der Waals surface area (Å²) in [5, 5.41) is 1.22. The van der Waals surface area contributed by atoms with Gasteiger partial charge in [-0.05, 0) is 48.5 Å². The van der Waals surface area contributed by atoms with Gasteiger partial charge in [0.2, 0.25) is 0 Å². The van der Waals surface area contributed by atoms with E-state index in [1.54, 1.807) is 18.4 Å². The molecule has 1 heterocycles. The average Bonchev–Trinajstić information content (AvgIpc) is 3.01. The second-order valence-corrected chi connectivity index (χ2v) is 5.37. The summed E-state index contributed by atoms with van der Waals surface area (Å²) >= 11 is 12.0. The van der Waals surface area contributed by atoms with Crippen LogP contribution in [0.1, 0.15) is 5.56 Å². The monoisotopic (exact) mass is 318 g/mol. The lowest BCUT2D eigenvalue weighted by Gasteiger charge is -2.08. The van der Waals surface area contributed by atoms with Gasteiger partial charge in [0.15, 0.2) is 0 Å². The number of ether oxygens (including phenoxy) is 1. The molecule has 0 aliphatic heterocycles. The third-order valence-corrected chi connectivity index (χ3v) is 3.66. The molecule has 21 heavy (non-hydrogen) atoms. The van der Waals surface area contributed by atoms with Crippen LogP contribution < -0.4 is 4.74 Å². The molecule has 0 saturated carbocycles. The van der Waals surface area contributed by atoms with Crippen molar-refractivity contribution in [1.29, 1.82) is 0 Å². The Kier molecular flexibility index (Phi) is 4.18. The first-order valence-corrected chi connectivity index (χ1v) is 7.18. The van der Waals surface area contributed by atoms with Crippen LogP contribution >= 0.6 is 23.2 Å². The SMILES string of the molecule is Clc1ccc(COc2ccc(-c3ccco3)cc2)c(Cl)c1. The lowest BCUT2D eigenvalue weighted by Crippen LogP contribution is -1.96. The zero-order chi connectivity index (χ0) is 14.7. The Morgan fingerprint density at radius 2 is 1.76 bits per heavy atom. The number of rotatable bonds is 4. The van der Waals surface area contributed by atoms with E-state index in [1.165, 1.54) is 0 Å². The number of hydrogen-bond acceptors (Lipinski definition) is 2. The first kappa shape index (κ1) is 14.1. The lowest BCUT2D eigenvalue weighted by molar-refractivity contribution is 0.306. The highest BCUT2D eigenvalue weighted by atomic mass is 35.5. The molecule has 106 valence electrons. The first-order chi connectivity index (χ1) is 10.2. The smallest absolute Gasteiger partial charge is 0.133 e. The van der Waals surface area contributed by atoms with Crippen LogP contribution in [0.4, 0.5) is 0 Å². The lowest BCUT2D eigenvalue weighted by atomic mass is 10.2. The number of benzene rings is 2. The van der Waals surface area contributed by atoms with E-state index < -0.39 is 0 Å². The second kappa shape index (κ2) is 6.25. The minimum atomic E-state index is 0.399. The molecule has 0 spiro atoms.